The maximum Gasteiger partial charge on any atom is 0.328 e. The zero-order valence-electron chi connectivity index (χ0n) is 18.3. The first-order chi connectivity index (χ1) is 15.0. The van der Waals surface area contributed by atoms with Crippen LogP contribution in [0.15, 0.2) is 36.4 Å². The van der Waals surface area contributed by atoms with Crippen LogP contribution in [0.25, 0.3) is 0 Å². The summed E-state index contributed by atoms with van der Waals surface area (Å²) in [7, 11) is 7.50. The molecular formula is C23H27NO7. The topological polar surface area (TPSA) is 83.5 Å². The highest BCUT2D eigenvalue weighted by Crippen LogP contribution is 2.44. The van der Waals surface area contributed by atoms with Gasteiger partial charge in [-0.3, -0.25) is 4.79 Å². The Bertz CT molecular complexity index is 916. The number of carbonyl (C=O) groups excluding carboxylic acids is 2. The molecular weight excluding hydrogens is 402 g/mol. The zero-order valence-corrected chi connectivity index (χ0v) is 18.3. The number of esters is 1. The second-order valence-corrected chi connectivity index (χ2v) is 7.01. The van der Waals surface area contributed by atoms with Gasteiger partial charge in [0, 0.05) is 6.42 Å². The Morgan fingerprint density at radius 1 is 0.903 bits per heavy atom. The van der Waals surface area contributed by atoms with Gasteiger partial charge in [0.2, 0.25) is 11.7 Å². The van der Waals surface area contributed by atoms with E-state index in [4.69, 9.17) is 23.7 Å². The maximum atomic E-state index is 13.0. The lowest BCUT2D eigenvalue weighted by Crippen LogP contribution is -2.42. The Hall–Kier alpha value is -3.42. The van der Waals surface area contributed by atoms with Crippen molar-refractivity contribution < 1.29 is 33.3 Å². The van der Waals surface area contributed by atoms with Gasteiger partial charge in [0.15, 0.2) is 11.5 Å². The fourth-order valence-electron chi connectivity index (χ4n) is 3.95. The number of nitrogens with zero attached hydrogens (tertiary/aromatic N) is 1. The number of carbonyl (C=O) groups is 2. The van der Waals surface area contributed by atoms with E-state index in [1.165, 1.54) is 28.4 Å². The van der Waals surface area contributed by atoms with Crippen LogP contribution in [0.3, 0.4) is 0 Å². The predicted molar refractivity (Wildman–Crippen MR) is 113 cm³/mol. The van der Waals surface area contributed by atoms with Gasteiger partial charge in [0.1, 0.15) is 11.8 Å². The number of ether oxygens (including phenoxy) is 5. The Balaban J connectivity index is 2.21. The number of hydrogen-bond acceptors (Lipinski definition) is 7. The molecule has 1 saturated heterocycles. The molecule has 0 unspecified atom stereocenters. The van der Waals surface area contributed by atoms with E-state index in [0.29, 0.717) is 35.0 Å². The molecule has 1 amide bonds. The Morgan fingerprint density at radius 3 is 2.00 bits per heavy atom. The van der Waals surface area contributed by atoms with Crippen molar-refractivity contribution in [2.75, 3.05) is 35.5 Å². The molecule has 1 fully saturated rings. The predicted octanol–water partition coefficient (Wildman–Crippen LogP) is 2.97. The minimum absolute atomic E-state index is 0.134. The third-order valence-corrected chi connectivity index (χ3v) is 5.44. The first-order valence-corrected chi connectivity index (χ1v) is 9.81. The van der Waals surface area contributed by atoms with Crippen molar-refractivity contribution >= 4 is 11.9 Å². The van der Waals surface area contributed by atoms with E-state index in [1.54, 1.807) is 24.1 Å². The van der Waals surface area contributed by atoms with Crippen molar-refractivity contribution in [3.05, 3.63) is 47.5 Å². The number of amides is 1. The minimum Gasteiger partial charge on any atom is -0.497 e. The molecule has 0 radical (unpaired) electrons. The lowest BCUT2D eigenvalue weighted by atomic mass is 9.95. The van der Waals surface area contributed by atoms with Gasteiger partial charge in [0.05, 0.1) is 41.6 Å². The normalized spacial score (nSPS) is 16.6. The van der Waals surface area contributed by atoms with Crippen LogP contribution in [0.5, 0.6) is 23.0 Å². The fraction of sp³-hybridized carbons (Fsp3) is 0.391. The molecule has 0 saturated carbocycles. The first kappa shape index (κ1) is 22.3. The highest BCUT2D eigenvalue weighted by atomic mass is 16.5. The molecule has 0 aliphatic carbocycles. The number of likely N-dealkylation sites (tertiary alicyclic amines) is 1. The Labute approximate surface area is 181 Å². The minimum atomic E-state index is -0.691. The average Bonchev–Trinajstić information content (AvgIpc) is 3.19. The Morgan fingerprint density at radius 2 is 1.52 bits per heavy atom. The summed E-state index contributed by atoms with van der Waals surface area (Å²) in [6, 6.07) is 9.68. The molecule has 2 aromatic carbocycles. The van der Waals surface area contributed by atoms with Gasteiger partial charge in [-0.25, -0.2) is 4.79 Å². The van der Waals surface area contributed by atoms with E-state index in [1.807, 2.05) is 24.3 Å². The van der Waals surface area contributed by atoms with Crippen LogP contribution in [-0.4, -0.2) is 58.4 Å². The second kappa shape index (κ2) is 9.59. The van der Waals surface area contributed by atoms with Gasteiger partial charge >= 0.3 is 5.97 Å². The highest BCUT2D eigenvalue weighted by molar-refractivity contribution is 5.89. The van der Waals surface area contributed by atoms with E-state index in [-0.39, 0.29) is 12.3 Å². The van der Waals surface area contributed by atoms with Gasteiger partial charge in [-0.05, 0) is 41.8 Å². The van der Waals surface area contributed by atoms with E-state index < -0.39 is 18.1 Å². The quantitative estimate of drug-likeness (QED) is 0.597. The van der Waals surface area contributed by atoms with Crippen LogP contribution in [0.2, 0.25) is 0 Å². The largest absolute Gasteiger partial charge is 0.497 e. The average molecular weight is 429 g/mol. The van der Waals surface area contributed by atoms with Crippen molar-refractivity contribution in [3.8, 4) is 23.0 Å². The number of methoxy groups -OCH3 is 5. The van der Waals surface area contributed by atoms with Crippen LogP contribution in [-0.2, 0) is 14.3 Å². The molecule has 8 heteroatoms. The zero-order chi connectivity index (χ0) is 22.5. The standard InChI is InChI=1S/C23H27NO7/c1-27-16-8-6-14(7-9-16)21(24-17(23(26)31-5)10-11-20(24)25)15-12-18(28-2)22(30-4)19(13-15)29-3/h6-9,12-13,17,21H,10-11H2,1-5H3/t17-,21-/m0/s1. The molecule has 1 aliphatic heterocycles. The third-order valence-electron chi connectivity index (χ3n) is 5.44. The van der Waals surface area contributed by atoms with Crippen LogP contribution in [0.1, 0.15) is 30.0 Å². The smallest absolute Gasteiger partial charge is 0.328 e. The van der Waals surface area contributed by atoms with Crippen molar-refractivity contribution in [1.29, 1.82) is 0 Å². The van der Waals surface area contributed by atoms with Crippen molar-refractivity contribution in [1.82, 2.24) is 4.90 Å². The summed E-state index contributed by atoms with van der Waals surface area (Å²) in [5.74, 6) is 1.46. The molecule has 8 nitrogen and oxygen atoms in total. The van der Waals surface area contributed by atoms with E-state index in [0.717, 1.165) is 5.56 Å². The van der Waals surface area contributed by atoms with Crippen molar-refractivity contribution in [3.63, 3.8) is 0 Å². The summed E-state index contributed by atoms with van der Waals surface area (Å²) in [6.45, 7) is 0. The fourth-order valence-corrected chi connectivity index (χ4v) is 3.95. The van der Waals surface area contributed by atoms with E-state index >= 15 is 0 Å². The molecule has 1 heterocycles. The van der Waals surface area contributed by atoms with Gasteiger partial charge in [0.25, 0.3) is 0 Å². The lowest BCUT2D eigenvalue weighted by molar-refractivity contribution is -0.150. The molecule has 0 bridgehead atoms. The molecule has 0 aromatic heterocycles. The number of benzene rings is 2. The van der Waals surface area contributed by atoms with Crippen molar-refractivity contribution in [2.24, 2.45) is 0 Å². The molecule has 1 aliphatic rings. The third kappa shape index (κ3) is 4.23. The lowest BCUT2D eigenvalue weighted by Gasteiger charge is -2.33. The van der Waals surface area contributed by atoms with Crippen LogP contribution < -0.4 is 18.9 Å². The molecule has 2 atom stereocenters. The highest BCUT2D eigenvalue weighted by Gasteiger charge is 2.42. The monoisotopic (exact) mass is 429 g/mol. The SMILES string of the molecule is COC(=O)[C@@H]1CCC(=O)N1[C@@H](c1ccc(OC)cc1)c1cc(OC)c(OC)c(OC)c1. The summed E-state index contributed by atoms with van der Waals surface area (Å²) in [5, 5.41) is 0. The molecule has 2 aromatic rings. The summed E-state index contributed by atoms with van der Waals surface area (Å²) in [6.07, 6.45) is 0.652. The molecule has 166 valence electrons. The molecule has 0 N–H and O–H groups in total. The summed E-state index contributed by atoms with van der Waals surface area (Å²) < 4.78 is 26.7. The van der Waals surface area contributed by atoms with Gasteiger partial charge in [-0.15, -0.1) is 0 Å². The molecule has 31 heavy (non-hydrogen) atoms. The van der Waals surface area contributed by atoms with Gasteiger partial charge < -0.3 is 28.6 Å². The summed E-state index contributed by atoms with van der Waals surface area (Å²) in [4.78, 5) is 27.0. The van der Waals surface area contributed by atoms with Gasteiger partial charge in [-0.1, -0.05) is 12.1 Å². The molecule has 0 spiro atoms. The van der Waals surface area contributed by atoms with Crippen molar-refractivity contribution in [2.45, 2.75) is 24.9 Å². The first-order valence-electron chi connectivity index (χ1n) is 9.81. The summed E-state index contributed by atoms with van der Waals surface area (Å²) in [5.41, 5.74) is 1.52. The Kier molecular flexibility index (Phi) is 6.89. The van der Waals surface area contributed by atoms with E-state index in [9.17, 15) is 9.59 Å². The maximum absolute atomic E-state index is 13.0. The van der Waals surface area contributed by atoms with Gasteiger partial charge in [-0.2, -0.15) is 0 Å². The van der Waals surface area contributed by atoms with Crippen LogP contribution in [0, 0.1) is 0 Å². The van der Waals surface area contributed by atoms with Crippen LogP contribution in [0.4, 0.5) is 0 Å². The van der Waals surface area contributed by atoms with E-state index in [2.05, 4.69) is 0 Å². The number of rotatable bonds is 8. The second-order valence-electron chi connectivity index (χ2n) is 7.01. The molecule has 3 rings (SSSR count). The summed E-state index contributed by atoms with van der Waals surface area (Å²) >= 11 is 0. The number of hydrogen-bond donors (Lipinski definition) is 0. The van der Waals surface area contributed by atoms with Crippen LogP contribution >= 0.6 is 0 Å².